The molecule has 2 aromatic rings. The molecular formula is C14H15ClN4O2. The van der Waals surface area contributed by atoms with Crippen LogP contribution in [0.1, 0.15) is 5.56 Å². The molecule has 7 heteroatoms. The van der Waals surface area contributed by atoms with Gasteiger partial charge in [0, 0.05) is 11.6 Å². The lowest BCUT2D eigenvalue weighted by Crippen LogP contribution is -2.14. The lowest BCUT2D eigenvalue weighted by Gasteiger charge is -2.12. The zero-order chi connectivity index (χ0) is 15.6. The molecule has 1 aromatic heterocycles. The van der Waals surface area contributed by atoms with Crippen LogP contribution in [-0.2, 0) is 0 Å². The Labute approximate surface area is 127 Å². The van der Waals surface area contributed by atoms with Crippen LogP contribution in [-0.4, -0.2) is 25.0 Å². The van der Waals surface area contributed by atoms with Gasteiger partial charge in [0.2, 0.25) is 0 Å². The van der Waals surface area contributed by atoms with Crippen molar-refractivity contribution >= 4 is 23.3 Å². The highest BCUT2D eigenvalue weighted by Crippen LogP contribution is 2.38. The smallest absolute Gasteiger partial charge is 0.141 e. The van der Waals surface area contributed by atoms with Crippen molar-refractivity contribution in [2.24, 2.45) is 5.73 Å². The van der Waals surface area contributed by atoms with Crippen molar-refractivity contribution in [3.05, 3.63) is 34.9 Å². The maximum atomic E-state index is 7.41. The fraction of sp³-hybridized carbons (Fsp3) is 0.143. The first-order chi connectivity index (χ1) is 9.97. The van der Waals surface area contributed by atoms with Crippen LogP contribution in [0.15, 0.2) is 24.3 Å². The second kappa shape index (κ2) is 5.88. The van der Waals surface area contributed by atoms with E-state index in [1.807, 2.05) is 0 Å². The fourth-order valence-corrected chi connectivity index (χ4v) is 2.16. The Morgan fingerprint density at radius 3 is 2.48 bits per heavy atom. The van der Waals surface area contributed by atoms with Crippen LogP contribution >= 0.6 is 11.6 Å². The Hall–Kier alpha value is -2.47. The Morgan fingerprint density at radius 1 is 1.24 bits per heavy atom. The van der Waals surface area contributed by atoms with Crippen LogP contribution in [0.2, 0.25) is 5.02 Å². The number of nitrogen functional groups attached to an aromatic ring is 2. The molecule has 110 valence electrons. The van der Waals surface area contributed by atoms with Crippen molar-refractivity contribution < 1.29 is 9.47 Å². The van der Waals surface area contributed by atoms with Crippen molar-refractivity contribution in [1.82, 2.24) is 4.98 Å². The minimum absolute atomic E-state index is 0.138. The number of methoxy groups -OCH3 is 2. The molecule has 1 aromatic carbocycles. The summed E-state index contributed by atoms with van der Waals surface area (Å²) < 4.78 is 10.4. The van der Waals surface area contributed by atoms with E-state index in [0.29, 0.717) is 33.3 Å². The predicted molar refractivity (Wildman–Crippen MR) is 83.2 cm³/mol. The first-order valence-corrected chi connectivity index (χ1v) is 6.38. The molecule has 0 aliphatic heterocycles. The third-order valence-corrected chi connectivity index (χ3v) is 3.35. The summed E-state index contributed by atoms with van der Waals surface area (Å²) in [6, 6.07) is 6.73. The molecule has 0 bridgehead atoms. The van der Waals surface area contributed by atoms with E-state index >= 15 is 0 Å². The van der Waals surface area contributed by atoms with Gasteiger partial charge >= 0.3 is 0 Å². The molecule has 0 amide bonds. The van der Waals surface area contributed by atoms with Crippen LogP contribution in [0.3, 0.4) is 0 Å². The number of aromatic nitrogens is 1. The van der Waals surface area contributed by atoms with Gasteiger partial charge in [-0.2, -0.15) is 0 Å². The van der Waals surface area contributed by atoms with Gasteiger partial charge in [-0.1, -0.05) is 11.6 Å². The molecule has 21 heavy (non-hydrogen) atoms. The third kappa shape index (κ3) is 2.85. The van der Waals surface area contributed by atoms with Crippen LogP contribution in [0, 0.1) is 5.41 Å². The van der Waals surface area contributed by atoms with Gasteiger partial charge in [0.05, 0.1) is 30.5 Å². The molecule has 1 heterocycles. The van der Waals surface area contributed by atoms with Gasteiger partial charge < -0.3 is 20.9 Å². The summed E-state index contributed by atoms with van der Waals surface area (Å²) in [7, 11) is 3.07. The van der Waals surface area contributed by atoms with E-state index in [4.69, 9.17) is 38.0 Å². The van der Waals surface area contributed by atoms with Gasteiger partial charge in [-0.05, 0) is 18.2 Å². The minimum atomic E-state index is -0.138. The van der Waals surface area contributed by atoms with E-state index < -0.39 is 0 Å². The van der Waals surface area contributed by atoms with Crippen LogP contribution in [0.25, 0.3) is 11.3 Å². The van der Waals surface area contributed by atoms with Crippen molar-refractivity contribution in [2.75, 3.05) is 20.0 Å². The third-order valence-electron chi connectivity index (χ3n) is 2.96. The highest BCUT2D eigenvalue weighted by Gasteiger charge is 2.15. The molecule has 0 radical (unpaired) electrons. The van der Waals surface area contributed by atoms with Gasteiger partial charge in [0.15, 0.2) is 0 Å². The van der Waals surface area contributed by atoms with Gasteiger partial charge in [-0.3, -0.25) is 5.41 Å². The van der Waals surface area contributed by atoms with Gasteiger partial charge in [0.25, 0.3) is 0 Å². The number of halogens is 1. The normalized spacial score (nSPS) is 10.2. The van der Waals surface area contributed by atoms with Crippen molar-refractivity contribution in [2.45, 2.75) is 0 Å². The topological polar surface area (TPSA) is 107 Å². The maximum absolute atomic E-state index is 7.41. The molecule has 0 fully saturated rings. The number of benzene rings is 1. The van der Waals surface area contributed by atoms with Crippen molar-refractivity contribution in [3.8, 4) is 22.8 Å². The number of nitrogens with two attached hydrogens (primary N) is 2. The maximum Gasteiger partial charge on any atom is 0.141 e. The molecule has 0 unspecified atom stereocenters. The van der Waals surface area contributed by atoms with E-state index in [1.165, 1.54) is 7.11 Å². The largest absolute Gasteiger partial charge is 0.497 e. The minimum Gasteiger partial charge on any atom is -0.497 e. The summed E-state index contributed by atoms with van der Waals surface area (Å²) in [5.41, 5.74) is 12.8. The van der Waals surface area contributed by atoms with Gasteiger partial charge in [-0.15, -0.1) is 0 Å². The number of nitrogens with one attached hydrogen (secondary N) is 1. The molecular weight excluding hydrogens is 292 g/mol. The quantitative estimate of drug-likeness (QED) is 0.593. The first kappa shape index (κ1) is 14.9. The average molecular weight is 307 g/mol. The van der Waals surface area contributed by atoms with E-state index in [9.17, 15) is 0 Å². The van der Waals surface area contributed by atoms with E-state index in [0.717, 1.165) is 0 Å². The number of hydrogen-bond donors (Lipinski definition) is 3. The average Bonchev–Trinajstić information content (AvgIpc) is 2.47. The number of pyridine rings is 1. The number of rotatable bonds is 4. The first-order valence-electron chi connectivity index (χ1n) is 6.00. The van der Waals surface area contributed by atoms with Crippen molar-refractivity contribution in [1.29, 1.82) is 5.41 Å². The molecule has 0 aliphatic carbocycles. The van der Waals surface area contributed by atoms with Crippen LogP contribution in [0.4, 0.5) is 5.82 Å². The zero-order valence-corrected chi connectivity index (χ0v) is 12.4. The van der Waals surface area contributed by atoms with E-state index in [-0.39, 0.29) is 11.7 Å². The summed E-state index contributed by atoms with van der Waals surface area (Å²) in [6.07, 6.45) is 0. The van der Waals surface area contributed by atoms with E-state index in [1.54, 1.807) is 31.4 Å². The summed E-state index contributed by atoms with van der Waals surface area (Å²) >= 11 is 6.30. The van der Waals surface area contributed by atoms with Crippen LogP contribution < -0.4 is 20.9 Å². The van der Waals surface area contributed by atoms with Gasteiger partial charge in [-0.25, -0.2) is 4.98 Å². The summed E-state index contributed by atoms with van der Waals surface area (Å²) in [6.45, 7) is 0. The number of nitrogens with zero attached hydrogens (tertiary/aromatic N) is 1. The molecule has 0 atom stereocenters. The molecule has 0 aliphatic rings. The molecule has 2 rings (SSSR count). The second-order valence-electron chi connectivity index (χ2n) is 4.23. The van der Waals surface area contributed by atoms with Crippen molar-refractivity contribution in [3.63, 3.8) is 0 Å². The number of hydrogen-bond acceptors (Lipinski definition) is 5. The predicted octanol–water partition coefficient (Wildman–Crippen LogP) is 2.29. The highest BCUT2D eigenvalue weighted by atomic mass is 35.5. The Kier molecular flexibility index (Phi) is 4.18. The monoisotopic (exact) mass is 306 g/mol. The zero-order valence-electron chi connectivity index (χ0n) is 11.6. The molecule has 5 N–H and O–H groups in total. The highest BCUT2D eigenvalue weighted by molar-refractivity contribution is 6.34. The summed E-state index contributed by atoms with van der Waals surface area (Å²) in [4.78, 5) is 4.24. The Morgan fingerprint density at radius 2 is 1.95 bits per heavy atom. The number of amidine groups is 1. The summed E-state index contributed by atoms with van der Waals surface area (Å²) in [5, 5.41) is 7.82. The van der Waals surface area contributed by atoms with Gasteiger partial charge in [0.1, 0.15) is 23.2 Å². The number of anilines is 1. The lowest BCUT2D eigenvalue weighted by atomic mass is 10.1. The number of ether oxygens (including phenoxy) is 2. The Bertz CT molecular complexity index is 704. The SMILES string of the molecule is COc1cc(OC)c(Cl)c(-c2ccc(C(=N)N)c(N)n2)c1. The molecule has 6 nitrogen and oxygen atoms in total. The molecule has 0 saturated heterocycles. The second-order valence-corrected chi connectivity index (χ2v) is 4.61. The fourth-order valence-electron chi connectivity index (χ4n) is 1.88. The van der Waals surface area contributed by atoms with E-state index in [2.05, 4.69) is 4.98 Å². The molecule has 0 saturated carbocycles. The lowest BCUT2D eigenvalue weighted by molar-refractivity contribution is 0.395. The summed E-state index contributed by atoms with van der Waals surface area (Å²) in [5.74, 6) is 1.09. The van der Waals surface area contributed by atoms with Crippen LogP contribution in [0.5, 0.6) is 11.5 Å². The standard InChI is InChI=1S/C14H15ClN4O2/c1-20-7-5-9(12(15)11(6-7)21-2)10-4-3-8(13(16)17)14(18)19-10/h3-6H,1-2H3,(H3,16,17)(H2,18,19). The molecule has 0 spiro atoms. The Balaban J connectivity index is 2.61.